The van der Waals surface area contributed by atoms with Gasteiger partial charge in [-0.15, -0.1) is 23.5 Å². The van der Waals surface area contributed by atoms with Crippen molar-refractivity contribution in [2.45, 2.75) is 43.8 Å². The molecule has 0 aromatic heterocycles. The second-order valence-electron chi connectivity index (χ2n) is 5.83. The zero-order valence-electron chi connectivity index (χ0n) is 12.8. The Hall–Kier alpha value is 0.350. The summed E-state index contributed by atoms with van der Waals surface area (Å²) >= 11 is 3.59. The van der Waals surface area contributed by atoms with E-state index in [0.717, 1.165) is 17.9 Å². The van der Waals surface area contributed by atoms with Crippen molar-refractivity contribution in [1.82, 2.24) is 0 Å². The van der Waals surface area contributed by atoms with Crippen molar-refractivity contribution in [3.05, 3.63) is 11.6 Å². The molecule has 6 heteroatoms. The number of aliphatic hydroxyl groups excluding tert-OH is 1. The molecule has 1 fully saturated rings. The number of allylic oxidation sites excluding steroid dienone is 1. The molecule has 3 nitrogen and oxygen atoms in total. The van der Waals surface area contributed by atoms with Crippen LogP contribution in [0.4, 0.5) is 0 Å². The number of rotatable bonds is 6. The molecular weight excluding hydrogens is 312 g/mol. The summed E-state index contributed by atoms with van der Waals surface area (Å²) in [4.78, 5) is 0. The second-order valence-corrected chi connectivity index (χ2v) is 11.1. The van der Waals surface area contributed by atoms with Gasteiger partial charge in [0, 0.05) is 6.26 Å². The maximum atomic E-state index is 11.3. The van der Waals surface area contributed by atoms with Gasteiger partial charge in [0.2, 0.25) is 0 Å². The molecule has 0 spiro atoms. The first-order valence-electron chi connectivity index (χ1n) is 6.96. The van der Waals surface area contributed by atoms with Crippen LogP contribution in [0.15, 0.2) is 11.6 Å². The quantitative estimate of drug-likeness (QED) is 0.755. The van der Waals surface area contributed by atoms with Gasteiger partial charge in [0.05, 0.1) is 11.9 Å². The van der Waals surface area contributed by atoms with Crippen LogP contribution in [-0.2, 0) is 9.84 Å². The minimum Gasteiger partial charge on any atom is -0.390 e. The Kier molecular flexibility index (Phi) is 6.96. The van der Waals surface area contributed by atoms with Gasteiger partial charge >= 0.3 is 0 Å². The van der Waals surface area contributed by atoms with E-state index in [4.69, 9.17) is 0 Å². The summed E-state index contributed by atoms with van der Waals surface area (Å²) in [6, 6.07) is 0. The van der Waals surface area contributed by atoms with Crippen LogP contribution in [0, 0.1) is 5.92 Å². The lowest BCUT2D eigenvalue weighted by Gasteiger charge is -2.40. The van der Waals surface area contributed by atoms with E-state index in [-0.39, 0.29) is 15.7 Å². The van der Waals surface area contributed by atoms with Crippen LogP contribution in [0.5, 0.6) is 0 Å². The Morgan fingerprint density at radius 3 is 2.35 bits per heavy atom. The van der Waals surface area contributed by atoms with E-state index in [0.29, 0.717) is 6.42 Å². The van der Waals surface area contributed by atoms with Crippen molar-refractivity contribution in [3.8, 4) is 0 Å². The summed E-state index contributed by atoms with van der Waals surface area (Å²) in [5, 5.41) is 10.8. The van der Waals surface area contributed by atoms with E-state index in [1.165, 1.54) is 11.8 Å². The predicted octanol–water partition coefficient (Wildman–Crippen LogP) is 2.95. The predicted molar refractivity (Wildman–Crippen MR) is 91.2 cm³/mol. The highest BCUT2D eigenvalue weighted by molar-refractivity contribution is 8.19. The molecule has 0 bridgehead atoms. The average molecular weight is 339 g/mol. The molecular formula is C14H26O3S3. The highest BCUT2D eigenvalue weighted by atomic mass is 32.2. The molecule has 2 atom stereocenters. The number of sulfone groups is 1. The molecule has 20 heavy (non-hydrogen) atoms. The topological polar surface area (TPSA) is 54.4 Å². The molecule has 118 valence electrons. The summed E-state index contributed by atoms with van der Waals surface area (Å²) in [6.45, 7) is 6.04. The molecule has 0 aliphatic carbocycles. The molecule has 1 aliphatic rings. The standard InChI is InChI=1S/C14H26O3S3/c1-11(2)10-14(18-7-5-8-19-14)13(15)12(3)6-9-20(4,16)17/h10,12-13,15H,5-9H2,1-4H3. The molecule has 1 heterocycles. The third-order valence-electron chi connectivity index (χ3n) is 3.33. The Morgan fingerprint density at radius 1 is 1.35 bits per heavy atom. The van der Waals surface area contributed by atoms with Crippen molar-refractivity contribution in [2.24, 2.45) is 5.92 Å². The summed E-state index contributed by atoms with van der Waals surface area (Å²) in [6.07, 6.45) is 4.57. The fourth-order valence-corrected chi connectivity index (χ4v) is 6.74. The first-order valence-corrected chi connectivity index (χ1v) is 11.0. The van der Waals surface area contributed by atoms with Crippen LogP contribution in [0.1, 0.15) is 33.6 Å². The molecule has 1 N–H and O–H groups in total. The van der Waals surface area contributed by atoms with Gasteiger partial charge in [0.25, 0.3) is 0 Å². The molecule has 0 radical (unpaired) electrons. The van der Waals surface area contributed by atoms with Crippen LogP contribution in [-0.4, -0.2) is 47.2 Å². The molecule has 1 rings (SSSR count). The smallest absolute Gasteiger partial charge is 0.147 e. The Bertz CT molecular complexity index is 433. The third kappa shape index (κ3) is 5.62. The van der Waals surface area contributed by atoms with E-state index >= 15 is 0 Å². The van der Waals surface area contributed by atoms with Crippen molar-refractivity contribution in [3.63, 3.8) is 0 Å². The summed E-state index contributed by atoms with van der Waals surface area (Å²) in [7, 11) is -2.97. The van der Waals surface area contributed by atoms with E-state index in [1.54, 1.807) is 23.5 Å². The Morgan fingerprint density at radius 2 is 1.90 bits per heavy atom. The van der Waals surface area contributed by atoms with Gasteiger partial charge in [-0.1, -0.05) is 18.6 Å². The van der Waals surface area contributed by atoms with Gasteiger partial charge in [-0.05, 0) is 44.1 Å². The summed E-state index contributed by atoms with van der Waals surface area (Å²) in [5.41, 5.74) is 1.20. The zero-order chi connectivity index (χ0) is 15.4. The van der Waals surface area contributed by atoms with E-state index in [2.05, 4.69) is 6.08 Å². The highest BCUT2D eigenvalue weighted by Crippen LogP contribution is 2.48. The molecule has 1 aliphatic heterocycles. The number of thioether (sulfide) groups is 2. The molecule has 1 saturated heterocycles. The van der Waals surface area contributed by atoms with Crippen molar-refractivity contribution in [1.29, 1.82) is 0 Å². The normalized spacial score (nSPS) is 22.1. The van der Waals surface area contributed by atoms with Crippen LogP contribution in [0.25, 0.3) is 0 Å². The molecule has 0 aromatic carbocycles. The van der Waals surface area contributed by atoms with Crippen LogP contribution in [0.3, 0.4) is 0 Å². The van der Waals surface area contributed by atoms with E-state index in [9.17, 15) is 13.5 Å². The monoisotopic (exact) mass is 338 g/mol. The SMILES string of the molecule is CC(C)=CC1(C(O)C(C)CCS(C)(=O)=O)SCCCS1. The molecule has 2 unspecified atom stereocenters. The lowest BCUT2D eigenvalue weighted by Crippen LogP contribution is -2.42. The largest absolute Gasteiger partial charge is 0.390 e. The van der Waals surface area contributed by atoms with E-state index in [1.807, 2.05) is 20.8 Å². The first-order chi connectivity index (χ1) is 9.16. The van der Waals surface area contributed by atoms with Crippen LogP contribution < -0.4 is 0 Å². The fourth-order valence-electron chi connectivity index (χ4n) is 2.26. The lowest BCUT2D eigenvalue weighted by atomic mass is 9.97. The highest BCUT2D eigenvalue weighted by Gasteiger charge is 2.41. The van der Waals surface area contributed by atoms with Crippen molar-refractivity contribution >= 4 is 33.4 Å². The van der Waals surface area contributed by atoms with Crippen molar-refractivity contribution in [2.75, 3.05) is 23.5 Å². The zero-order valence-corrected chi connectivity index (χ0v) is 15.2. The van der Waals surface area contributed by atoms with Gasteiger partial charge in [-0.25, -0.2) is 8.42 Å². The van der Waals surface area contributed by atoms with Crippen LogP contribution in [0.2, 0.25) is 0 Å². The van der Waals surface area contributed by atoms with Gasteiger partial charge in [-0.2, -0.15) is 0 Å². The first kappa shape index (κ1) is 18.4. The summed E-state index contributed by atoms with van der Waals surface area (Å²) < 4.78 is 22.3. The molecule has 0 aromatic rings. The van der Waals surface area contributed by atoms with Crippen molar-refractivity contribution < 1.29 is 13.5 Å². The molecule has 0 saturated carbocycles. The Labute approximate surface area is 131 Å². The van der Waals surface area contributed by atoms with Gasteiger partial charge in [-0.3, -0.25) is 0 Å². The molecule has 0 amide bonds. The average Bonchev–Trinajstić information content (AvgIpc) is 2.34. The van der Waals surface area contributed by atoms with Gasteiger partial charge in [0.15, 0.2) is 0 Å². The maximum absolute atomic E-state index is 11.3. The van der Waals surface area contributed by atoms with Gasteiger partial charge < -0.3 is 5.11 Å². The minimum atomic E-state index is -2.97. The third-order valence-corrected chi connectivity index (χ3v) is 7.62. The van der Waals surface area contributed by atoms with E-state index < -0.39 is 15.9 Å². The number of hydrogen-bond donors (Lipinski definition) is 1. The van der Waals surface area contributed by atoms with Crippen LogP contribution >= 0.6 is 23.5 Å². The number of aliphatic hydroxyl groups is 1. The maximum Gasteiger partial charge on any atom is 0.147 e. The number of hydrogen-bond acceptors (Lipinski definition) is 5. The fraction of sp³-hybridized carbons (Fsp3) is 0.857. The lowest BCUT2D eigenvalue weighted by molar-refractivity contribution is 0.114. The summed E-state index contributed by atoms with van der Waals surface area (Å²) in [5.74, 6) is 2.21. The minimum absolute atomic E-state index is 0.0292. The Balaban J connectivity index is 2.82. The second kappa shape index (κ2) is 7.56. The van der Waals surface area contributed by atoms with Gasteiger partial charge in [0.1, 0.15) is 13.9 Å².